The number of imidazole rings is 1. The molecule has 3 heterocycles. The van der Waals surface area contributed by atoms with Gasteiger partial charge in [0, 0.05) is 18.0 Å². The quantitative estimate of drug-likeness (QED) is 0.457. The summed E-state index contributed by atoms with van der Waals surface area (Å²) in [6, 6.07) is 19.0. The molecule has 0 saturated carbocycles. The van der Waals surface area contributed by atoms with Crippen LogP contribution in [-0.4, -0.2) is 35.5 Å². The lowest BCUT2D eigenvalue weighted by Gasteiger charge is -2.06. The Hall–Kier alpha value is -4.26. The topological polar surface area (TPSA) is 85.3 Å². The lowest BCUT2D eigenvalue weighted by atomic mass is 10.0. The number of hydrogen-bond donors (Lipinski definition) is 1. The largest absolute Gasteiger partial charge is 0.478 e. The molecule has 0 bridgehead atoms. The zero-order valence-electron chi connectivity index (χ0n) is 16.6. The summed E-state index contributed by atoms with van der Waals surface area (Å²) < 4.78 is 3.66. The van der Waals surface area contributed by atoms with Crippen LogP contribution in [0.15, 0.2) is 85.5 Å². The number of carboxylic acid groups (broad SMARTS) is 1. The van der Waals surface area contributed by atoms with Crippen molar-refractivity contribution in [2.75, 3.05) is 0 Å². The molecule has 0 aliphatic rings. The molecule has 7 nitrogen and oxygen atoms in total. The molecule has 2 aromatic carbocycles. The third-order valence-electron chi connectivity index (χ3n) is 5.23. The fourth-order valence-corrected chi connectivity index (χ4v) is 3.58. The van der Waals surface area contributed by atoms with Crippen molar-refractivity contribution >= 4 is 11.6 Å². The fourth-order valence-electron chi connectivity index (χ4n) is 3.58. The second kappa shape index (κ2) is 7.87. The van der Waals surface area contributed by atoms with Gasteiger partial charge in [-0.05, 0) is 60.4 Å². The van der Waals surface area contributed by atoms with E-state index in [1.807, 2.05) is 70.3 Å². The minimum Gasteiger partial charge on any atom is -0.478 e. The van der Waals surface area contributed by atoms with Crippen LogP contribution in [-0.2, 0) is 12.8 Å². The number of aryl methyl sites for hydroxylation is 2. The lowest BCUT2D eigenvalue weighted by molar-refractivity contribution is 0.0697. The first-order valence-electron chi connectivity index (χ1n) is 9.93. The van der Waals surface area contributed by atoms with E-state index in [-0.39, 0.29) is 0 Å². The molecule has 7 heteroatoms. The van der Waals surface area contributed by atoms with Crippen LogP contribution in [0.5, 0.6) is 0 Å². The molecule has 0 saturated heterocycles. The summed E-state index contributed by atoms with van der Waals surface area (Å²) in [6.45, 7) is 0. The molecular weight excluding hydrogens is 390 g/mol. The van der Waals surface area contributed by atoms with E-state index in [1.54, 1.807) is 18.3 Å². The van der Waals surface area contributed by atoms with Gasteiger partial charge in [0.05, 0.1) is 29.3 Å². The molecule has 0 aliphatic carbocycles. The number of benzene rings is 2. The third kappa shape index (κ3) is 3.81. The summed E-state index contributed by atoms with van der Waals surface area (Å²) in [7, 11) is 0. The first-order valence-corrected chi connectivity index (χ1v) is 9.93. The summed E-state index contributed by atoms with van der Waals surface area (Å²) in [4.78, 5) is 15.5. The molecule has 0 unspecified atom stereocenters. The summed E-state index contributed by atoms with van der Waals surface area (Å²) in [5.74, 6) is -0.911. The zero-order chi connectivity index (χ0) is 21.2. The monoisotopic (exact) mass is 409 g/mol. The molecule has 5 rings (SSSR count). The predicted octanol–water partition coefficient (Wildman–Crippen LogP) is 4.07. The van der Waals surface area contributed by atoms with Crippen molar-refractivity contribution in [3.8, 4) is 16.9 Å². The van der Waals surface area contributed by atoms with Gasteiger partial charge in [-0.2, -0.15) is 10.2 Å². The summed E-state index contributed by atoms with van der Waals surface area (Å²) in [5, 5.41) is 17.9. The van der Waals surface area contributed by atoms with Crippen molar-refractivity contribution in [1.82, 2.24) is 24.4 Å². The van der Waals surface area contributed by atoms with Gasteiger partial charge in [0.2, 0.25) is 0 Å². The van der Waals surface area contributed by atoms with Crippen LogP contribution < -0.4 is 0 Å². The highest BCUT2D eigenvalue weighted by molar-refractivity contribution is 5.87. The van der Waals surface area contributed by atoms with Gasteiger partial charge < -0.3 is 5.11 Å². The van der Waals surface area contributed by atoms with E-state index in [0.29, 0.717) is 5.56 Å². The van der Waals surface area contributed by atoms with E-state index in [0.717, 1.165) is 46.6 Å². The average Bonchev–Trinajstić information content (AvgIpc) is 3.48. The predicted molar refractivity (Wildman–Crippen MR) is 116 cm³/mol. The van der Waals surface area contributed by atoms with Crippen molar-refractivity contribution in [1.29, 1.82) is 0 Å². The van der Waals surface area contributed by atoms with Gasteiger partial charge in [0.15, 0.2) is 5.65 Å². The van der Waals surface area contributed by atoms with Crippen LogP contribution in [0.25, 0.3) is 22.6 Å². The summed E-state index contributed by atoms with van der Waals surface area (Å²) >= 11 is 0. The Morgan fingerprint density at radius 2 is 1.74 bits per heavy atom. The maximum absolute atomic E-state index is 11.0. The number of nitrogens with zero attached hydrogens (tertiary/aromatic N) is 5. The number of fused-ring (bicyclic) bond motifs is 1. The Morgan fingerprint density at radius 3 is 2.52 bits per heavy atom. The molecule has 0 aliphatic heterocycles. The molecule has 31 heavy (non-hydrogen) atoms. The van der Waals surface area contributed by atoms with Crippen molar-refractivity contribution in [2.45, 2.75) is 12.8 Å². The van der Waals surface area contributed by atoms with E-state index < -0.39 is 5.97 Å². The van der Waals surface area contributed by atoms with Crippen molar-refractivity contribution in [3.05, 3.63) is 102 Å². The van der Waals surface area contributed by atoms with Gasteiger partial charge in [-0.1, -0.05) is 24.3 Å². The molecule has 0 spiro atoms. The fraction of sp³-hybridized carbons (Fsp3) is 0.0833. The number of hydrogen-bond acceptors (Lipinski definition) is 4. The smallest absolute Gasteiger partial charge is 0.335 e. The zero-order valence-corrected chi connectivity index (χ0v) is 16.6. The Labute approximate surface area is 178 Å². The first-order chi connectivity index (χ1) is 15.2. The molecule has 0 atom stereocenters. The van der Waals surface area contributed by atoms with Crippen LogP contribution >= 0.6 is 0 Å². The second-order valence-corrected chi connectivity index (χ2v) is 7.28. The van der Waals surface area contributed by atoms with E-state index in [2.05, 4.69) is 21.2 Å². The van der Waals surface area contributed by atoms with Gasteiger partial charge in [-0.3, -0.25) is 0 Å². The molecular formula is C24H19N5O2. The van der Waals surface area contributed by atoms with Crippen LogP contribution in [0.1, 0.15) is 21.5 Å². The van der Waals surface area contributed by atoms with Gasteiger partial charge >= 0.3 is 5.97 Å². The van der Waals surface area contributed by atoms with E-state index >= 15 is 0 Å². The van der Waals surface area contributed by atoms with Crippen LogP contribution in [0.4, 0.5) is 0 Å². The normalized spacial score (nSPS) is 11.1. The summed E-state index contributed by atoms with van der Waals surface area (Å²) in [6.07, 6.45) is 8.96. The lowest BCUT2D eigenvalue weighted by Crippen LogP contribution is -2.00. The van der Waals surface area contributed by atoms with Crippen LogP contribution in [0, 0.1) is 0 Å². The molecule has 1 N–H and O–H groups in total. The number of carbonyl (C=O) groups is 1. The molecule has 5 aromatic rings. The molecule has 3 aromatic heterocycles. The van der Waals surface area contributed by atoms with Crippen molar-refractivity contribution in [2.24, 2.45) is 0 Å². The standard InChI is InChI=1S/C24H19N5O2/c30-24(31)19-9-7-17(8-10-19)5-6-18-13-23-25-16-22(29(23)27-15-18)20-3-1-4-21(14-20)28-12-2-11-26-28/h1-4,7-16H,5-6H2,(H,30,31). The Kier molecular flexibility index (Phi) is 4.76. The highest BCUT2D eigenvalue weighted by Gasteiger charge is 2.10. The van der Waals surface area contributed by atoms with Crippen molar-refractivity contribution in [3.63, 3.8) is 0 Å². The van der Waals surface area contributed by atoms with Crippen LogP contribution in [0.2, 0.25) is 0 Å². The highest BCUT2D eigenvalue weighted by atomic mass is 16.4. The molecule has 0 amide bonds. The highest BCUT2D eigenvalue weighted by Crippen LogP contribution is 2.23. The van der Waals surface area contributed by atoms with Gasteiger partial charge in [0.25, 0.3) is 0 Å². The maximum Gasteiger partial charge on any atom is 0.335 e. The minimum absolute atomic E-state index is 0.299. The number of aromatic carboxylic acids is 1. The Balaban J connectivity index is 1.37. The van der Waals surface area contributed by atoms with Crippen molar-refractivity contribution < 1.29 is 9.90 Å². The minimum atomic E-state index is -0.911. The molecule has 152 valence electrons. The second-order valence-electron chi connectivity index (χ2n) is 7.28. The van der Waals surface area contributed by atoms with Gasteiger partial charge in [-0.15, -0.1) is 0 Å². The van der Waals surface area contributed by atoms with E-state index in [4.69, 9.17) is 5.11 Å². The Morgan fingerprint density at radius 1 is 0.903 bits per heavy atom. The average molecular weight is 409 g/mol. The van der Waals surface area contributed by atoms with Gasteiger partial charge in [-0.25, -0.2) is 19.0 Å². The SMILES string of the molecule is O=C(O)c1ccc(CCc2cnn3c(-c4cccc(-n5cccn5)c4)cnc3c2)cc1. The van der Waals surface area contributed by atoms with E-state index in [9.17, 15) is 4.79 Å². The maximum atomic E-state index is 11.0. The number of aromatic nitrogens is 5. The number of carboxylic acids is 1. The first kappa shape index (κ1) is 18.7. The van der Waals surface area contributed by atoms with Gasteiger partial charge in [0.1, 0.15) is 0 Å². The summed E-state index contributed by atoms with van der Waals surface area (Å²) in [5.41, 5.74) is 6.16. The molecule has 0 fully saturated rings. The van der Waals surface area contributed by atoms with Crippen LogP contribution in [0.3, 0.4) is 0 Å². The molecule has 0 radical (unpaired) electrons. The van der Waals surface area contributed by atoms with E-state index in [1.165, 1.54) is 0 Å². The third-order valence-corrected chi connectivity index (χ3v) is 5.23. The Bertz CT molecular complexity index is 1350. The number of rotatable bonds is 6.